The number of carbonyl (C=O) groups is 2. The van der Waals surface area contributed by atoms with Gasteiger partial charge >= 0.3 is 0 Å². The molecule has 4 N–H and O–H groups in total. The molecule has 0 unspecified atom stereocenters. The van der Waals surface area contributed by atoms with Crippen molar-refractivity contribution in [2.45, 2.75) is 26.7 Å². The number of nitrogens with two attached hydrogens (primary N) is 1. The second-order valence-electron chi connectivity index (χ2n) is 5.05. The first-order chi connectivity index (χ1) is 11.0. The van der Waals surface area contributed by atoms with Crippen LogP contribution in [0.2, 0.25) is 0 Å². The standard InChI is InChI=1S/C16H20N4O2S/c1-3-14(21)18-11-5-4-10(2)12(8-11)20-16(22)13-9-23-15(19-13)6-7-17/h4-5,8-9H,3,6-7,17H2,1-2H3,(H,18,21)(H,20,22). The van der Waals surface area contributed by atoms with Gasteiger partial charge in [-0.25, -0.2) is 4.98 Å². The highest BCUT2D eigenvalue weighted by Gasteiger charge is 2.12. The average molecular weight is 332 g/mol. The summed E-state index contributed by atoms with van der Waals surface area (Å²) in [6, 6.07) is 5.40. The number of hydrogen-bond acceptors (Lipinski definition) is 5. The number of aromatic nitrogens is 1. The van der Waals surface area contributed by atoms with E-state index >= 15 is 0 Å². The van der Waals surface area contributed by atoms with Gasteiger partial charge in [0.2, 0.25) is 5.91 Å². The van der Waals surface area contributed by atoms with E-state index in [1.807, 2.05) is 13.0 Å². The lowest BCUT2D eigenvalue weighted by molar-refractivity contribution is -0.115. The number of amides is 2. The lowest BCUT2D eigenvalue weighted by Gasteiger charge is -2.10. The Balaban J connectivity index is 2.12. The fourth-order valence-corrected chi connectivity index (χ4v) is 2.72. The molecule has 23 heavy (non-hydrogen) atoms. The van der Waals surface area contributed by atoms with Crippen LogP contribution in [0.5, 0.6) is 0 Å². The van der Waals surface area contributed by atoms with E-state index in [9.17, 15) is 9.59 Å². The molecule has 1 aromatic carbocycles. The van der Waals surface area contributed by atoms with Crippen LogP contribution >= 0.6 is 11.3 Å². The molecule has 0 saturated carbocycles. The maximum absolute atomic E-state index is 12.3. The van der Waals surface area contributed by atoms with Crippen molar-refractivity contribution in [2.75, 3.05) is 17.2 Å². The number of nitrogens with one attached hydrogen (secondary N) is 2. The van der Waals surface area contributed by atoms with E-state index in [-0.39, 0.29) is 11.8 Å². The molecule has 2 amide bonds. The van der Waals surface area contributed by atoms with Crippen molar-refractivity contribution in [3.05, 3.63) is 39.8 Å². The third-order valence-electron chi connectivity index (χ3n) is 3.23. The van der Waals surface area contributed by atoms with Gasteiger partial charge in [-0.1, -0.05) is 13.0 Å². The summed E-state index contributed by atoms with van der Waals surface area (Å²) in [5.41, 5.74) is 8.08. The third kappa shape index (κ3) is 4.61. The number of carbonyl (C=O) groups excluding carboxylic acids is 2. The molecule has 0 aliphatic heterocycles. The Hall–Kier alpha value is -2.25. The molecule has 0 radical (unpaired) electrons. The topological polar surface area (TPSA) is 97.1 Å². The fourth-order valence-electron chi connectivity index (χ4n) is 1.92. The molecule has 0 bridgehead atoms. The SMILES string of the molecule is CCC(=O)Nc1ccc(C)c(NC(=O)c2csc(CCN)n2)c1. The van der Waals surface area contributed by atoms with Gasteiger partial charge in [0.1, 0.15) is 5.69 Å². The van der Waals surface area contributed by atoms with Crippen LogP contribution in [0, 0.1) is 6.92 Å². The zero-order valence-electron chi connectivity index (χ0n) is 13.2. The Morgan fingerprint density at radius 3 is 2.78 bits per heavy atom. The lowest BCUT2D eigenvalue weighted by atomic mass is 10.1. The summed E-state index contributed by atoms with van der Waals surface area (Å²) in [5, 5.41) is 8.18. The molecule has 1 aromatic heterocycles. The first kappa shape index (κ1) is 17.1. The molecule has 0 atom stereocenters. The number of anilines is 2. The summed E-state index contributed by atoms with van der Waals surface area (Å²) < 4.78 is 0. The van der Waals surface area contributed by atoms with Crippen LogP contribution in [-0.4, -0.2) is 23.3 Å². The van der Waals surface area contributed by atoms with Crippen LogP contribution in [0.1, 0.15) is 34.4 Å². The van der Waals surface area contributed by atoms with E-state index in [1.165, 1.54) is 11.3 Å². The molecular formula is C16H20N4O2S. The van der Waals surface area contributed by atoms with Crippen LogP contribution < -0.4 is 16.4 Å². The van der Waals surface area contributed by atoms with Gasteiger partial charge in [0.05, 0.1) is 5.01 Å². The summed E-state index contributed by atoms with van der Waals surface area (Å²) in [6.45, 7) is 4.18. The Morgan fingerprint density at radius 1 is 1.30 bits per heavy atom. The summed E-state index contributed by atoms with van der Waals surface area (Å²) in [4.78, 5) is 28.0. The van der Waals surface area contributed by atoms with Crippen LogP contribution in [0.4, 0.5) is 11.4 Å². The van der Waals surface area contributed by atoms with Gasteiger partial charge in [-0.3, -0.25) is 9.59 Å². The van der Waals surface area contributed by atoms with Crippen molar-refractivity contribution < 1.29 is 9.59 Å². The summed E-state index contributed by atoms with van der Waals surface area (Å²) in [7, 11) is 0. The first-order valence-corrected chi connectivity index (χ1v) is 8.27. The zero-order chi connectivity index (χ0) is 16.8. The highest BCUT2D eigenvalue weighted by molar-refractivity contribution is 7.09. The molecule has 2 aromatic rings. The summed E-state index contributed by atoms with van der Waals surface area (Å²) in [6.07, 6.45) is 1.06. The van der Waals surface area contributed by atoms with Crippen LogP contribution in [-0.2, 0) is 11.2 Å². The van der Waals surface area contributed by atoms with Crippen molar-refractivity contribution in [3.63, 3.8) is 0 Å². The predicted octanol–water partition coefficient (Wildman–Crippen LogP) is 2.55. The monoisotopic (exact) mass is 332 g/mol. The van der Waals surface area contributed by atoms with Gasteiger partial charge in [-0.15, -0.1) is 11.3 Å². The third-order valence-corrected chi connectivity index (χ3v) is 4.14. The van der Waals surface area contributed by atoms with Crippen LogP contribution in [0.25, 0.3) is 0 Å². The van der Waals surface area contributed by atoms with E-state index in [2.05, 4.69) is 15.6 Å². The highest BCUT2D eigenvalue weighted by atomic mass is 32.1. The smallest absolute Gasteiger partial charge is 0.275 e. The van der Waals surface area contributed by atoms with E-state index in [0.29, 0.717) is 36.5 Å². The van der Waals surface area contributed by atoms with Crippen molar-refractivity contribution in [2.24, 2.45) is 5.73 Å². The quantitative estimate of drug-likeness (QED) is 0.757. The molecule has 0 saturated heterocycles. The Labute approximate surface area is 139 Å². The van der Waals surface area contributed by atoms with Crippen molar-refractivity contribution in [3.8, 4) is 0 Å². The average Bonchev–Trinajstić information content (AvgIpc) is 2.99. The van der Waals surface area contributed by atoms with E-state index < -0.39 is 0 Å². The molecule has 0 aliphatic rings. The molecule has 122 valence electrons. The predicted molar refractivity (Wildman–Crippen MR) is 92.9 cm³/mol. The fraction of sp³-hybridized carbons (Fsp3) is 0.312. The molecule has 1 heterocycles. The molecule has 0 fully saturated rings. The molecule has 2 rings (SSSR count). The van der Waals surface area contributed by atoms with Gasteiger partial charge in [0.25, 0.3) is 5.91 Å². The Morgan fingerprint density at radius 2 is 2.09 bits per heavy atom. The van der Waals surface area contributed by atoms with Gasteiger partial charge in [-0.05, 0) is 31.2 Å². The van der Waals surface area contributed by atoms with E-state index in [1.54, 1.807) is 24.4 Å². The van der Waals surface area contributed by atoms with Crippen LogP contribution in [0.3, 0.4) is 0 Å². The van der Waals surface area contributed by atoms with Gasteiger partial charge in [-0.2, -0.15) is 0 Å². The number of thiazole rings is 1. The molecule has 0 aliphatic carbocycles. The summed E-state index contributed by atoms with van der Waals surface area (Å²) >= 11 is 1.42. The van der Waals surface area contributed by atoms with E-state index in [4.69, 9.17) is 5.73 Å². The van der Waals surface area contributed by atoms with Crippen LogP contribution in [0.15, 0.2) is 23.6 Å². The molecule has 6 nitrogen and oxygen atoms in total. The van der Waals surface area contributed by atoms with Crippen molar-refractivity contribution in [1.29, 1.82) is 0 Å². The van der Waals surface area contributed by atoms with Gasteiger partial charge < -0.3 is 16.4 Å². The minimum Gasteiger partial charge on any atom is -0.330 e. The number of rotatable bonds is 6. The normalized spacial score (nSPS) is 10.4. The largest absolute Gasteiger partial charge is 0.330 e. The number of benzene rings is 1. The second kappa shape index (κ2) is 7.85. The number of aryl methyl sites for hydroxylation is 1. The number of nitrogens with zero attached hydrogens (tertiary/aromatic N) is 1. The zero-order valence-corrected chi connectivity index (χ0v) is 14.0. The Kier molecular flexibility index (Phi) is 5.84. The Bertz CT molecular complexity index is 712. The summed E-state index contributed by atoms with van der Waals surface area (Å²) in [5.74, 6) is -0.344. The maximum atomic E-state index is 12.3. The minimum atomic E-state index is -0.272. The van der Waals surface area contributed by atoms with Crippen molar-refractivity contribution >= 4 is 34.5 Å². The number of hydrogen-bond donors (Lipinski definition) is 3. The maximum Gasteiger partial charge on any atom is 0.275 e. The highest BCUT2D eigenvalue weighted by Crippen LogP contribution is 2.21. The lowest BCUT2D eigenvalue weighted by Crippen LogP contribution is -2.15. The molecule has 0 spiro atoms. The molecular weight excluding hydrogens is 312 g/mol. The minimum absolute atomic E-state index is 0.0722. The second-order valence-corrected chi connectivity index (χ2v) is 5.99. The van der Waals surface area contributed by atoms with Crippen molar-refractivity contribution in [1.82, 2.24) is 4.98 Å². The van der Waals surface area contributed by atoms with Gasteiger partial charge in [0, 0.05) is 29.6 Å². The molecule has 7 heteroatoms. The first-order valence-electron chi connectivity index (χ1n) is 7.39. The van der Waals surface area contributed by atoms with E-state index in [0.717, 1.165) is 10.6 Å². The van der Waals surface area contributed by atoms with Gasteiger partial charge in [0.15, 0.2) is 0 Å².